The Morgan fingerprint density at radius 3 is 2.52 bits per heavy atom. The average molecular weight is 359 g/mol. The van der Waals surface area contributed by atoms with Gasteiger partial charge in [0.2, 0.25) is 5.91 Å². The first-order valence-electron chi connectivity index (χ1n) is 8.34. The molecule has 0 aliphatic carbocycles. The Labute approximate surface area is 153 Å². The van der Waals surface area contributed by atoms with Crippen molar-refractivity contribution in [3.8, 4) is 0 Å². The van der Waals surface area contributed by atoms with Crippen molar-refractivity contribution in [1.82, 2.24) is 5.32 Å². The van der Waals surface area contributed by atoms with Crippen LogP contribution < -0.4 is 10.2 Å². The summed E-state index contributed by atoms with van der Waals surface area (Å²) in [7, 11) is 0. The van der Waals surface area contributed by atoms with Gasteiger partial charge in [-0.3, -0.25) is 9.59 Å². The van der Waals surface area contributed by atoms with Crippen molar-refractivity contribution in [3.05, 3.63) is 64.2 Å². The highest BCUT2D eigenvalue weighted by atomic mass is 35.5. The molecule has 4 nitrogen and oxygen atoms in total. The van der Waals surface area contributed by atoms with Gasteiger partial charge in [0.15, 0.2) is 0 Å². The van der Waals surface area contributed by atoms with Crippen molar-refractivity contribution in [3.63, 3.8) is 0 Å². The van der Waals surface area contributed by atoms with E-state index < -0.39 is 0 Å². The maximum Gasteiger partial charge on any atom is 0.251 e. The van der Waals surface area contributed by atoms with Gasteiger partial charge in [0.1, 0.15) is 0 Å². The van der Waals surface area contributed by atoms with Gasteiger partial charge in [0.25, 0.3) is 5.91 Å². The Hall–Kier alpha value is -2.33. The zero-order valence-corrected chi connectivity index (χ0v) is 15.6. The summed E-state index contributed by atoms with van der Waals surface area (Å²) in [6.07, 6.45) is 0.843. The van der Waals surface area contributed by atoms with E-state index in [2.05, 4.69) is 12.2 Å². The van der Waals surface area contributed by atoms with Gasteiger partial charge in [-0.2, -0.15) is 0 Å². The molecule has 0 spiro atoms. The number of rotatable bonds is 6. The fraction of sp³-hybridized carbons (Fsp3) is 0.300. The predicted octanol–water partition coefficient (Wildman–Crippen LogP) is 3.99. The molecule has 2 rings (SSSR count). The molecule has 0 heterocycles. The molecule has 2 aromatic rings. The van der Waals surface area contributed by atoms with Gasteiger partial charge in [-0.15, -0.1) is 0 Å². The van der Waals surface area contributed by atoms with Crippen LogP contribution in [0.15, 0.2) is 42.5 Å². The number of carbonyl (C=O) groups excluding carboxylic acids is 2. The molecule has 1 N–H and O–H groups in total. The molecule has 2 aromatic carbocycles. The van der Waals surface area contributed by atoms with E-state index >= 15 is 0 Å². The second-order valence-corrected chi connectivity index (χ2v) is 6.31. The number of hydrogen-bond donors (Lipinski definition) is 1. The van der Waals surface area contributed by atoms with Gasteiger partial charge in [-0.1, -0.05) is 42.8 Å². The van der Waals surface area contributed by atoms with Crippen LogP contribution in [0.25, 0.3) is 0 Å². The lowest BCUT2D eigenvalue weighted by molar-refractivity contribution is -0.116. The van der Waals surface area contributed by atoms with E-state index in [0.29, 0.717) is 23.7 Å². The van der Waals surface area contributed by atoms with Crippen LogP contribution in [0.4, 0.5) is 5.69 Å². The Balaban J connectivity index is 2.09. The first-order chi connectivity index (χ1) is 11.9. The first-order valence-corrected chi connectivity index (χ1v) is 8.72. The number of amides is 2. The summed E-state index contributed by atoms with van der Waals surface area (Å²) in [5.74, 6) is -0.243. The molecule has 2 amide bonds. The summed E-state index contributed by atoms with van der Waals surface area (Å²) >= 11 is 5.91. The highest BCUT2D eigenvalue weighted by Gasteiger charge is 2.17. The minimum atomic E-state index is -0.202. The standard InChI is InChI=1S/C20H23ClN2O2/c1-4-16-8-5-7-14(2)19(16)23(15(3)24)12-11-22-20(25)17-9-6-10-18(21)13-17/h5-10,13H,4,11-12H2,1-3H3,(H,22,25). The fourth-order valence-corrected chi connectivity index (χ4v) is 3.02. The number of aryl methyl sites for hydroxylation is 2. The molecular formula is C20H23ClN2O2. The number of hydrogen-bond acceptors (Lipinski definition) is 2. The summed E-state index contributed by atoms with van der Waals surface area (Å²) in [6, 6.07) is 12.8. The maximum atomic E-state index is 12.2. The predicted molar refractivity (Wildman–Crippen MR) is 102 cm³/mol. The van der Waals surface area contributed by atoms with Crippen LogP contribution >= 0.6 is 11.6 Å². The number of nitrogens with one attached hydrogen (secondary N) is 1. The number of halogens is 1. The van der Waals surface area contributed by atoms with Crippen LogP contribution in [0.3, 0.4) is 0 Å². The van der Waals surface area contributed by atoms with Crippen molar-refractivity contribution in [1.29, 1.82) is 0 Å². The normalized spacial score (nSPS) is 10.4. The van der Waals surface area contributed by atoms with Crippen LogP contribution in [0.1, 0.15) is 35.3 Å². The third-order valence-corrected chi connectivity index (χ3v) is 4.30. The largest absolute Gasteiger partial charge is 0.350 e. The first kappa shape index (κ1) is 19.0. The molecule has 25 heavy (non-hydrogen) atoms. The van der Waals surface area contributed by atoms with Crippen LogP contribution in [0.2, 0.25) is 5.02 Å². The van der Waals surface area contributed by atoms with Crippen molar-refractivity contribution >= 4 is 29.1 Å². The summed E-state index contributed by atoms with van der Waals surface area (Å²) in [6.45, 7) is 6.39. The third-order valence-electron chi connectivity index (χ3n) is 4.06. The number of anilines is 1. The number of nitrogens with zero attached hydrogens (tertiary/aromatic N) is 1. The molecule has 0 radical (unpaired) electrons. The molecule has 0 saturated heterocycles. The lowest BCUT2D eigenvalue weighted by atomic mass is 10.0. The van der Waals surface area contributed by atoms with Crippen LogP contribution in [-0.4, -0.2) is 24.9 Å². The third kappa shape index (κ3) is 4.83. The molecule has 5 heteroatoms. The molecule has 0 aliphatic heterocycles. The monoisotopic (exact) mass is 358 g/mol. The van der Waals surface area contributed by atoms with Gasteiger partial charge in [0.05, 0.1) is 0 Å². The van der Waals surface area contributed by atoms with E-state index in [1.807, 2.05) is 25.1 Å². The zero-order valence-electron chi connectivity index (χ0n) is 14.8. The van der Waals surface area contributed by atoms with Gasteiger partial charge in [-0.25, -0.2) is 0 Å². The van der Waals surface area contributed by atoms with Crippen molar-refractivity contribution in [2.45, 2.75) is 27.2 Å². The molecule has 0 unspecified atom stereocenters. The molecule has 0 fully saturated rings. The second-order valence-electron chi connectivity index (χ2n) is 5.87. The highest BCUT2D eigenvalue weighted by molar-refractivity contribution is 6.30. The Kier molecular flexibility index (Phi) is 6.59. The lowest BCUT2D eigenvalue weighted by Crippen LogP contribution is -2.38. The summed E-state index contributed by atoms with van der Waals surface area (Å²) in [4.78, 5) is 26.1. The molecular weight excluding hydrogens is 336 g/mol. The van der Waals surface area contributed by atoms with Gasteiger partial charge in [-0.05, 0) is 42.7 Å². The maximum absolute atomic E-state index is 12.2. The van der Waals surface area contributed by atoms with E-state index in [1.165, 1.54) is 0 Å². The molecule has 0 saturated carbocycles. The smallest absolute Gasteiger partial charge is 0.251 e. The SMILES string of the molecule is CCc1cccc(C)c1N(CCNC(=O)c1cccc(Cl)c1)C(C)=O. The Morgan fingerprint density at radius 1 is 1.16 bits per heavy atom. The van der Waals surface area contributed by atoms with Crippen LogP contribution in [0, 0.1) is 6.92 Å². The van der Waals surface area contributed by atoms with E-state index in [-0.39, 0.29) is 11.8 Å². The molecule has 0 aromatic heterocycles. The van der Waals surface area contributed by atoms with Crippen LogP contribution in [0.5, 0.6) is 0 Å². The molecule has 0 atom stereocenters. The second kappa shape index (κ2) is 8.67. The van der Waals surface area contributed by atoms with Crippen molar-refractivity contribution < 1.29 is 9.59 Å². The zero-order chi connectivity index (χ0) is 18.4. The van der Waals surface area contributed by atoms with Crippen molar-refractivity contribution in [2.24, 2.45) is 0 Å². The number of benzene rings is 2. The number of para-hydroxylation sites is 1. The van der Waals surface area contributed by atoms with E-state index in [4.69, 9.17) is 11.6 Å². The minimum Gasteiger partial charge on any atom is -0.350 e. The van der Waals surface area contributed by atoms with Gasteiger partial charge >= 0.3 is 0 Å². The fourth-order valence-electron chi connectivity index (χ4n) is 2.83. The van der Waals surface area contributed by atoms with E-state index in [0.717, 1.165) is 23.2 Å². The van der Waals surface area contributed by atoms with E-state index in [9.17, 15) is 9.59 Å². The summed E-state index contributed by atoms with van der Waals surface area (Å²) in [5.41, 5.74) is 3.62. The topological polar surface area (TPSA) is 49.4 Å². The van der Waals surface area contributed by atoms with Crippen molar-refractivity contribution in [2.75, 3.05) is 18.0 Å². The molecule has 0 bridgehead atoms. The number of carbonyl (C=O) groups is 2. The van der Waals surface area contributed by atoms with E-state index in [1.54, 1.807) is 36.1 Å². The molecule has 0 aliphatic rings. The summed E-state index contributed by atoms with van der Waals surface area (Å²) in [5, 5.41) is 3.37. The highest BCUT2D eigenvalue weighted by Crippen LogP contribution is 2.25. The Bertz CT molecular complexity index is 774. The summed E-state index contributed by atoms with van der Waals surface area (Å²) < 4.78 is 0. The average Bonchev–Trinajstić information content (AvgIpc) is 2.58. The lowest BCUT2D eigenvalue weighted by Gasteiger charge is -2.26. The quantitative estimate of drug-likeness (QED) is 0.848. The van der Waals surface area contributed by atoms with Gasteiger partial charge < -0.3 is 10.2 Å². The molecule has 132 valence electrons. The minimum absolute atomic E-state index is 0.0407. The van der Waals surface area contributed by atoms with Crippen LogP contribution in [-0.2, 0) is 11.2 Å². The van der Waals surface area contributed by atoms with Gasteiger partial charge in [0, 0.05) is 36.3 Å². The Morgan fingerprint density at radius 2 is 1.88 bits per heavy atom.